The lowest BCUT2D eigenvalue weighted by molar-refractivity contribution is 0.0697. The Bertz CT molecular complexity index is 579. The van der Waals surface area contributed by atoms with Crippen molar-refractivity contribution in [2.75, 3.05) is 0 Å². The lowest BCUT2D eigenvalue weighted by Gasteiger charge is -2.09. The van der Waals surface area contributed by atoms with Gasteiger partial charge >= 0.3 is 5.97 Å². The van der Waals surface area contributed by atoms with Crippen LogP contribution < -0.4 is 0 Å². The standard InChI is InChI=1S/C14H11ClO3/c15-13-10(14(17)18)6-7-12(16)11(13)8-9-4-2-1-3-5-9/h1-7,16H,8H2,(H,17,18). The van der Waals surface area contributed by atoms with Gasteiger partial charge < -0.3 is 10.2 Å². The first-order valence-corrected chi connectivity index (χ1v) is 5.75. The number of hydrogen-bond acceptors (Lipinski definition) is 2. The third-order valence-electron chi connectivity index (χ3n) is 2.67. The first kappa shape index (κ1) is 12.5. The molecule has 0 atom stereocenters. The van der Waals surface area contributed by atoms with E-state index in [-0.39, 0.29) is 16.3 Å². The number of aromatic hydroxyl groups is 1. The molecule has 18 heavy (non-hydrogen) atoms. The van der Waals surface area contributed by atoms with Crippen LogP contribution in [0.2, 0.25) is 5.02 Å². The maximum Gasteiger partial charge on any atom is 0.337 e. The van der Waals surface area contributed by atoms with Gasteiger partial charge in [-0.1, -0.05) is 41.9 Å². The molecule has 4 heteroatoms. The summed E-state index contributed by atoms with van der Waals surface area (Å²) in [4.78, 5) is 11.0. The molecule has 0 saturated carbocycles. The van der Waals surface area contributed by atoms with Crippen molar-refractivity contribution >= 4 is 17.6 Å². The number of phenols is 1. The summed E-state index contributed by atoms with van der Waals surface area (Å²) in [5.74, 6) is -1.09. The van der Waals surface area contributed by atoms with Crippen LogP contribution in [0, 0.1) is 0 Å². The fraction of sp³-hybridized carbons (Fsp3) is 0.0714. The summed E-state index contributed by atoms with van der Waals surface area (Å²) >= 11 is 6.02. The Kier molecular flexibility index (Phi) is 3.53. The maximum atomic E-state index is 11.0. The van der Waals surface area contributed by atoms with Crippen molar-refractivity contribution < 1.29 is 15.0 Å². The SMILES string of the molecule is O=C(O)c1ccc(O)c(Cc2ccccc2)c1Cl. The van der Waals surface area contributed by atoms with Crippen LogP contribution >= 0.6 is 11.6 Å². The van der Waals surface area contributed by atoms with E-state index in [0.29, 0.717) is 12.0 Å². The molecule has 0 spiro atoms. The maximum absolute atomic E-state index is 11.0. The second-order valence-corrected chi connectivity index (χ2v) is 4.27. The molecule has 3 nitrogen and oxygen atoms in total. The highest BCUT2D eigenvalue weighted by atomic mass is 35.5. The number of rotatable bonds is 3. The molecular weight excluding hydrogens is 252 g/mol. The Morgan fingerprint density at radius 1 is 1.11 bits per heavy atom. The molecule has 0 unspecified atom stereocenters. The third-order valence-corrected chi connectivity index (χ3v) is 3.10. The van der Waals surface area contributed by atoms with Gasteiger partial charge in [0.25, 0.3) is 0 Å². The van der Waals surface area contributed by atoms with E-state index in [9.17, 15) is 9.90 Å². The Morgan fingerprint density at radius 3 is 2.39 bits per heavy atom. The minimum absolute atomic E-state index is 0.000368. The zero-order valence-corrected chi connectivity index (χ0v) is 10.2. The van der Waals surface area contributed by atoms with Gasteiger partial charge in [0.05, 0.1) is 10.6 Å². The molecular formula is C14H11ClO3. The highest BCUT2D eigenvalue weighted by Crippen LogP contribution is 2.31. The van der Waals surface area contributed by atoms with E-state index in [4.69, 9.17) is 16.7 Å². The van der Waals surface area contributed by atoms with Crippen LogP contribution in [0.3, 0.4) is 0 Å². The van der Waals surface area contributed by atoms with Crippen molar-refractivity contribution in [1.29, 1.82) is 0 Å². The van der Waals surface area contributed by atoms with Crippen molar-refractivity contribution in [3.05, 3.63) is 64.2 Å². The van der Waals surface area contributed by atoms with Crippen LogP contribution in [-0.2, 0) is 6.42 Å². The van der Waals surface area contributed by atoms with Gasteiger partial charge in [0.15, 0.2) is 0 Å². The fourth-order valence-corrected chi connectivity index (χ4v) is 2.05. The Labute approximate surface area is 109 Å². The van der Waals surface area contributed by atoms with Gasteiger partial charge in [-0.25, -0.2) is 4.79 Å². The molecule has 0 bridgehead atoms. The average Bonchev–Trinajstić information content (AvgIpc) is 2.35. The largest absolute Gasteiger partial charge is 0.508 e. The van der Waals surface area contributed by atoms with E-state index >= 15 is 0 Å². The lowest BCUT2D eigenvalue weighted by atomic mass is 10.0. The van der Waals surface area contributed by atoms with Gasteiger partial charge in [-0.15, -0.1) is 0 Å². The van der Waals surface area contributed by atoms with Crippen molar-refractivity contribution in [3.63, 3.8) is 0 Å². The molecule has 0 amide bonds. The average molecular weight is 263 g/mol. The van der Waals surface area contributed by atoms with Gasteiger partial charge in [-0.2, -0.15) is 0 Å². The molecule has 0 aliphatic heterocycles. The van der Waals surface area contributed by atoms with Crippen molar-refractivity contribution in [2.24, 2.45) is 0 Å². The van der Waals surface area contributed by atoms with Crippen molar-refractivity contribution in [2.45, 2.75) is 6.42 Å². The molecule has 0 aliphatic rings. The molecule has 2 aromatic rings. The van der Waals surface area contributed by atoms with E-state index in [2.05, 4.69) is 0 Å². The Morgan fingerprint density at radius 2 is 1.78 bits per heavy atom. The van der Waals surface area contributed by atoms with Crippen LogP contribution in [0.25, 0.3) is 0 Å². The molecule has 0 fully saturated rings. The predicted molar refractivity (Wildman–Crippen MR) is 69.3 cm³/mol. The summed E-state index contributed by atoms with van der Waals surface area (Å²) < 4.78 is 0. The van der Waals surface area contributed by atoms with Crippen LogP contribution in [0.15, 0.2) is 42.5 Å². The quantitative estimate of drug-likeness (QED) is 0.892. The minimum Gasteiger partial charge on any atom is -0.508 e. The summed E-state index contributed by atoms with van der Waals surface area (Å²) in [5, 5.41) is 18.9. The summed E-state index contributed by atoms with van der Waals surface area (Å²) in [7, 11) is 0. The summed E-state index contributed by atoms with van der Waals surface area (Å²) in [5.41, 5.74) is 1.39. The topological polar surface area (TPSA) is 57.5 Å². The predicted octanol–water partition coefficient (Wildman–Crippen LogP) is 3.33. The highest BCUT2D eigenvalue weighted by molar-refractivity contribution is 6.34. The number of phenolic OH excluding ortho intramolecular Hbond substituents is 1. The second-order valence-electron chi connectivity index (χ2n) is 3.89. The van der Waals surface area contributed by atoms with Gasteiger partial charge in [-0.05, 0) is 17.7 Å². The smallest absolute Gasteiger partial charge is 0.337 e. The molecule has 0 aliphatic carbocycles. The molecule has 0 saturated heterocycles. The summed E-state index contributed by atoms with van der Waals surface area (Å²) in [6.45, 7) is 0. The molecule has 2 rings (SSSR count). The van der Waals surface area contributed by atoms with Gasteiger partial charge in [-0.3, -0.25) is 0 Å². The number of halogens is 1. The molecule has 0 aromatic heterocycles. The zero-order chi connectivity index (χ0) is 13.1. The normalized spacial score (nSPS) is 10.3. The molecule has 0 radical (unpaired) electrons. The van der Waals surface area contributed by atoms with Crippen LogP contribution in [0.5, 0.6) is 5.75 Å². The third kappa shape index (κ3) is 2.46. The van der Waals surface area contributed by atoms with E-state index in [0.717, 1.165) is 5.56 Å². The number of carboxylic acid groups (broad SMARTS) is 1. The molecule has 2 aromatic carbocycles. The molecule has 0 heterocycles. The van der Waals surface area contributed by atoms with E-state index < -0.39 is 5.97 Å². The van der Waals surface area contributed by atoms with Crippen molar-refractivity contribution in [3.8, 4) is 5.75 Å². The van der Waals surface area contributed by atoms with E-state index in [1.54, 1.807) is 0 Å². The van der Waals surface area contributed by atoms with Crippen LogP contribution in [0.1, 0.15) is 21.5 Å². The zero-order valence-electron chi connectivity index (χ0n) is 9.43. The fourth-order valence-electron chi connectivity index (χ4n) is 1.74. The number of hydrogen-bond donors (Lipinski definition) is 2. The van der Waals surface area contributed by atoms with E-state index in [1.165, 1.54) is 12.1 Å². The minimum atomic E-state index is -1.10. The van der Waals surface area contributed by atoms with Gasteiger partial charge in [0.2, 0.25) is 0 Å². The van der Waals surface area contributed by atoms with Gasteiger partial charge in [0, 0.05) is 12.0 Å². The number of carboxylic acids is 1. The van der Waals surface area contributed by atoms with E-state index in [1.807, 2.05) is 30.3 Å². The number of carbonyl (C=O) groups is 1. The number of aromatic carboxylic acids is 1. The monoisotopic (exact) mass is 262 g/mol. The van der Waals surface area contributed by atoms with Crippen molar-refractivity contribution in [1.82, 2.24) is 0 Å². The summed E-state index contributed by atoms with van der Waals surface area (Å²) in [6.07, 6.45) is 0.395. The van der Waals surface area contributed by atoms with Crippen LogP contribution in [0.4, 0.5) is 0 Å². The molecule has 2 N–H and O–H groups in total. The summed E-state index contributed by atoms with van der Waals surface area (Å²) in [6, 6.07) is 12.1. The number of benzene rings is 2. The highest BCUT2D eigenvalue weighted by Gasteiger charge is 2.16. The molecule has 92 valence electrons. The first-order valence-electron chi connectivity index (χ1n) is 5.37. The Hall–Kier alpha value is -2.00. The second kappa shape index (κ2) is 5.10. The van der Waals surface area contributed by atoms with Crippen LogP contribution in [-0.4, -0.2) is 16.2 Å². The lowest BCUT2D eigenvalue weighted by Crippen LogP contribution is -2.01. The first-order chi connectivity index (χ1) is 8.59. The Balaban J connectivity index is 2.44. The van der Waals surface area contributed by atoms with Gasteiger partial charge in [0.1, 0.15) is 5.75 Å².